The minimum atomic E-state index is -1.30. The van der Waals surface area contributed by atoms with E-state index >= 15 is 0 Å². The molecule has 0 spiro atoms. The smallest absolute Gasteiger partial charge is 0.325 e. The molecule has 2 aliphatic heterocycles. The molecule has 2 N–H and O–H groups in total. The number of amides is 4. The Hall–Kier alpha value is -3.55. The van der Waals surface area contributed by atoms with E-state index in [1.165, 1.54) is 0 Å². The molecule has 4 rings (SSSR count). The van der Waals surface area contributed by atoms with E-state index in [-0.39, 0.29) is 6.54 Å². The summed E-state index contributed by atoms with van der Waals surface area (Å²) in [5, 5.41) is 5.45. The van der Waals surface area contributed by atoms with E-state index in [2.05, 4.69) is 10.6 Å². The lowest BCUT2D eigenvalue weighted by Crippen LogP contribution is -2.42. The summed E-state index contributed by atoms with van der Waals surface area (Å²) in [6, 6.07) is 10.1. The van der Waals surface area contributed by atoms with E-state index in [4.69, 9.17) is 9.47 Å². The van der Waals surface area contributed by atoms with Gasteiger partial charge in [-0.15, -0.1) is 0 Å². The van der Waals surface area contributed by atoms with Crippen LogP contribution in [0.2, 0.25) is 0 Å². The molecule has 0 bridgehead atoms. The lowest BCUT2D eigenvalue weighted by Gasteiger charge is -2.25. The largest absolute Gasteiger partial charge is 0.486 e. The molecule has 0 aliphatic carbocycles. The fraction of sp³-hybridized carbons (Fsp3) is 0.318. The molecule has 0 aromatic heterocycles. The van der Waals surface area contributed by atoms with Crippen LogP contribution in [0, 0.1) is 13.8 Å². The van der Waals surface area contributed by atoms with Gasteiger partial charge in [-0.1, -0.05) is 12.1 Å². The zero-order chi connectivity index (χ0) is 21.5. The monoisotopic (exact) mass is 409 g/mol. The molecule has 1 atom stereocenters. The van der Waals surface area contributed by atoms with Crippen molar-refractivity contribution in [2.45, 2.75) is 26.3 Å². The van der Waals surface area contributed by atoms with Crippen LogP contribution in [0.5, 0.6) is 11.5 Å². The van der Waals surface area contributed by atoms with Crippen molar-refractivity contribution >= 4 is 23.5 Å². The van der Waals surface area contributed by atoms with Crippen LogP contribution in [-0.2, 0) is 15.1 Å². The Labute approximate surface area is 174 Å². The second-order valence-corrected chi connectivity index (χ2v) is 7.73. The first-order valence-electron chi connectivity index (χ1n) is 9.69. The van der Waals surface area contributed by atoms with Gasteiger partial charge in [-0.2, -0.15) is 0 Å². The maximum absolute atomic E-state index is 13.1. The van der Waals surface area contributed by atoms with Crippen LogP contribution in [0.25, 0.3) is 0 Å². The Morgan fingerprint density at radius 3 is 2.43 bits per heavy atom. The fourth-order valence-corrected chi connectivity index (χ4v) is 3.78. The number of hydrogen-bond donors (Lipinski definition) is 2. The summed E-state index contributed by atoms with van der Waals surface area (Å²) >= 11 is 0. The predicted molar refractivity (Wildman–Crippen MR) is 110 cm³/mol. The highest BCUT2D eigenvalue weighted by atomic mass is 16.6. The molecule has 8 nitrogen and oxygen atoms in total. The molecule has 0 unspecified atom stereocenters. The van der Waals surface area contributed by atoms with Gasteiger partial charge in [-0.25, -0.2) is 4.79 Å². The molecule has 2 aliphatic rings. The standard InChI is InChI=1S/C22H23N3O5/c1-13-8-14(2)10-16(9-13)23-19(26)12-25-20(27)22(3,24-21(25)28)15-4-5-17-18(11-15)30-7-6-29-17/h4-5,8-11H,6-7,12H2,1-3H3,(H,23,26)(H,24,28)/t22-/m0/s1. The summed E-state index contributed by atoms with van der Waals surface area (Å²) in [7, 11) is 0. The molecule has 2 heterocycles. The average Bonchev–Trinajstić information content (AvgIpc) is 2.91. The molecule has 156 valence electrons. The van der Waals surface area contributed by atoms with E-state index in [1.54, 1.807) is 25.1 Å². The van der Waals surface area contributed by atoms with Crippen molar-refractivity contribution in [2.75, 3.05) is 25.1 Å². The normalized spacial score (nSPS) is 20.2. The van der Waals surface area contributed by atoms with E-state index in [9.17, 15) is 14.4 Å². The van der Waals surface area contributed by atoms with Gasteiger partial charge in [0.2, 0.25) is 5.91 Å². The third-order valence-electron chi connectivity index (χ3n) is 5.20. The Morgan fingerprint density at radius 2 is 1.73 bits per heavy atom. The maximum Gasteiger partial charge on any atom is 0.325 e. The Balaban J connectivity index is 1.51. The second kappa shape index (κ2) is 7.37. The summed E-state index contributed by atoms with van der Waals surface area (Å²) in [6.45, 7) is 5.97. The number of urea groups is 1. The first kappa shape index (κ1) is 19.8. The first-order chi connectivity index (χ1) is 14.3. The molecule has 0 radical (unpaired) electrons. The quantitative estimate of drug-likeness (QED) is 0.757. The van der Waals surface area contributed by atoms with Crippen LogP contribution in [0.3, 0.4) is 0 Å². The van der Waals surface area contributed by atoms with E-state index in [0.717, 1.165) is 16.0 Å². The van der Waals surface area contributed by atoms with Crippen molar-refractivity contribution in [2.24, 2.45) is 0 Å². The number of carbonyl (C=O) groups excluding carboxylic acids is 3. The van der Waals surface area contributed by atoms with Crippen molar-refractivity contribution in [3.05, 3.63) is 53.1 Å². The molecule has 2 aromatic rings. The average molecular weight is 409 g/mol. The Bertz CT molecular complexity index is 1030. The number of carbonyl (C=O) groups is 3. The molecule has 1 fully saturated rings. The lowest BCUT2D eigenvalue weighted by molar-refractivity contribution is -0.133. The number of anilines is 1. The number of ether oxygens (including phenoxy) is 2. The zero-order valence-corrected chi connectivity index (χ0v) is 17.1. The number of benzene rings is 2. The summed E-state index contributed by atoms with van der Waals surface area (Å²) in [5.41, 5.74) is 1.90. The Morgan fingerprint density at radius 1 is 1.07 bits per heavy atom. The van der Waals surface area contributed by atoms with Gasteiger partial charge in [0, 0.05) is 5.69 Å². The topological polar surface area (TPSA) is 97.0 Å². The number of hydrogen-bond acceptors (Lipinski definition) is 5. The van der Waals surface area contributed by atoms with Crippen LogP contribution in [0.15, 0.2) is 36.4 Å². The molecule has 1 saturated heterocycles. The van der Waals surface area contributed by atoms with Gasteiger partial charge in [0.25, 0.3) is 5.91 Å². The number of rotatable bonds is 4. The minimum Gasteiger partial charge on any atom is -0.486 e. The number of imide groups is 1. The fourth-order valence-electron chi connectivity index (χ4n) is 3.78. The molecule has 8 heteroatoms. The van der Waals surface area contributed by atoms with E-state index < -0.39 is 23.4 Å². The van der Waals surface area contributed by atoms with Crippen molar-refractivity contribution in [1.29, 1.82) is 0 Å². The number of fused-ring (bicyclic) bond motifs is 1. The van der Waals surface area contributed by atoms with Gasteiger partial charge < -0.3 is 20.1 Å². The molecule has 2 aromatic carbocycles. The van der Waals surface area contributed by atoms with Crippen LogP contribution in [-0.4, -0.2) is 42.5 Å². The Kier molecular flexibility index (Phi) is 4.85. The van der Waals surface area contributed by atoms with Crippen LogP contribution < -0.4 is 20.1 Å². The van der Waals surface area contributed by atoms with Gasteiger partial charge in [-0.05, 0) is 61.7 Å². The first-order valence-corrected chi connectivity index (χ1v) is 9.69. The summed E-state index contributed by atoms with van der Waals surface area (Å²) in [6.07, 6.45) is 0. The van der Waals surface area contributed by atoms with Gasteiger partial charge in [-0.3, -0.25) is 14.5 Å². The van der Waals surface area contributed by atoms with Crippen molar-refractivity contribution in [3.63, 3.8) is 0 Å². The van der Waals surface area contributed by atoms with Gasteiger partial charge in [0.15, 0.2) is 11.5 Å². The van der Waals surface area contributed by atoms with Crippen LogP contribution >= 0.6 is 0 Å². The van der Waals surface area contributed by atoms with Crippen LogP contribution in [0.4, 0.5) is 10.5 Å². The number of nitrogens with zero attached hydrogens (tertiary/aromatic N) is 1. The predicted octanol–water partition coefficient (Wildman–Crippen LogP) is 2.48. The van der Waals surface area contributed by atoms with E-state index in [0.29, 0.717) is 36.0 Å². The maximum atomic E-state index is 13.1. The minimum absolute atomic E-state index is 0.377. The van der Waals surface area contributed by atoms with Crippen molar-refractivity contribution < 1.29 is 23.9 Å². The SMILES string of the molecule is Cc1cc(C)cc(NC(=O)CN2C(=O)N[C@@](C)(c3ccc4c(c3)OCCO4)C2=O)c1. The molecular formula is C22H23N3O5. The lowest BCUT2D eigenvalue weighted by atomic mass is 9.91. The third kappa shape index (κ3) is 3.56. The highest BCUT2D eigenvalue weighted by Gasteiger charge is 2.49. The molecule has 0 saturated carbocycles. The van der Waals surface area contributed by atoms with Crippen molar-refractivity contribution in [1.82, 2.24) is 10.2 Å². The number of aryl methyl sites for hydroxylation is 2. The van der Waals surface area contributed by atoms with Gasteiger partial charge >= 0.3 is 6.03 Å². The van der Waals surface area contributed by atoms with Gasteiger partial charge in [0.05, 0.1) is 0 Å². The second-order valence-electron chi connectivity index (χ2n) is 7.73. The highest BCUT2D eigenvalue weighted by molar-refractivity contribution is 6.10. The highest BCUT2D eigenvalue weighted by Crippen LogP contribution is 2.36. The van der Waals surface area contributed by atoms with Gasteiger partial charge in [0.1, 0.15) is 25.3 Å². The van der Waals surface area contributed by atoms with Crippen LogP contribution in [0.1, 0.15) is 23.6 Å². The van der Waals surface area contributed by atoms with Crippen molar-refractivity contribution in [3.8, 4) is 11.5 Å². The summed E-state index contributed by atoms with van der Waals surface area (Å²) in [5.74, 6) is 0.165. The molecule has 4 amide bonds. The third-order valence-corrected chi connectivity index (χ3v) is 5.20. The summed E-state index contributed by atoms with van der Waals surface area (Å²) in [4.78, 5) is 39.0. The van der Waals surface area contributed by atoms with E-state index in [1.807, 2.05) is 32.0 Å². The number of nitrogens with one attached hydrogen (secondary N) is 2. The molecular weight excluding hydrogens is 386 g/mol. The zero-order valence-electron chi connectivity index (χ0n) is 17.1. The summed E-state index contributed by atoms with van der Waals surface area (Å²) < 4.78 is 11.1. The molecule has 30 heavy (non-hydrogen) atoms.